The van der Waals surface area contributed by atoms with Crippen LogP contribution in [0.4, 0.5) is 0 Å². The summed E-state index contributed by atoms with van der Waals surface area (Å²) in [6.07, 6.45) is 19.0. The van der Waals surface area contributed by atoms with Crippen LogP contribution in [0.25, 0.3) is 0 Å². The third-order valence-corrected chi connectivity index (χ3v) is 16.3. The second-order valence-corrected chi connectivity index (χ2v) is 23.2. The van der Waals surface area contributed by atoms with E-state index in [1.54, 1.807) is 6.08 Å². The first-order valence-corrected chi connectivity index (χ1v) is 31.9. The van der Waals surface area contributed by atoms with Gasteiger partial charge >= 0.3 is 0 Å². The number of carbonyl (C=O) groups is 1. The van der Waals surface area contributed by atoms with E-state index in [1.807, 2.05) is 6.08 Å². The van der Waals surface area contributed by atoms with Gasteiger partial charge in [0, 0.05) is 6.42 Å². The smallest absolute Gasteiger partial charge is 0.220 e. The van der Waals surface area contributed by atoms with Crippen molar-refractivity contribution in [1.29, 1.82) is 0 Å². The normalized spacial score (nSPS) is 30.0. The van der Waals surface area contributed by atoms with Gasteiger partial charge in [-0.05, 0) is 19.3 Å². The number of ether oxygens (including phenoxy) is 6. The molecule has 0 aromatic carbocycles. The van der Waals surface area contributed by atoms with Gasteiger partial charge in [-0.1, -0.05) is 225 Å². The maximum atomic E-state index is 13.3. The van der Waals surface area contributed by atoms with Gasteiger partial charge in [-0.15, -0.1) is 0 Å². The zero-order valence-corrected chi connectivity index (χ0v) is 49.3. The molecular formula is C61H115NO18. The molecule has 12 N–H and O–H groups in total. The molecule has 17 unspecified atom stereocenters. The molecule has 3 saturated heterocycles. The van der Waals surface area contributed by atoms with E-state index in [2.05, 4.69) is 19.2 Å². The van der Waals surface area contributed by atoms with E-state index in [-0.39, 0.29) is 18.9 Å². The van der Waals surface area contributed by atoms with Gasteiger partial charge < -0.3 is 89.9 Å². The SMILES string of the molecule is CCCCCCCCCCCCCCCCCCC/C=C/C(O)C(COC1OC(CO)C(OC2OC(CO)C(OC3OC(CO)C(O)C(O)C3O)C(O)C2O)C(O)C1O)NC(=O)CCCCCCCCCCCCCCCCCC. The van der Waals surface area contributed by atoms with Gasteiger partial charge in [0.2, 0.25) is 5.91 Å². The zero-order valence-electron chi connectivity index (χ0n) is 49.3. The van der Waals surface area contributed by atoms with Crippen LogP contribution < -0.4 is 5.32 Å². The molecule has 19 heteroatoms. The Morgan fingerprint density at radius 3 is 1.18 bits per heavy atom. The Kier molecular flexibility index (Phi) is 40.9. The van der Waals surface area contributed by atoms with Gasteiger partial charge in [0.25, 0.3) is 0 Å². The van der Waals surface area contributed by atoms with Crippen LogP contribution in [-0.2, 0) is 33.2 Å². The van der Waals surface area contributed by atoms with E-state index >= 15 is 0 Å². The third-order valence-electron chi connectivity index (χ3n) is 16.3. The van der Waals surface area contributed by atoms with E-state index in [9.17, 15) is 61.0 Å². The number of hydrogen-bond donors (Lipinski definition) is 12. The van der Waals surface area contributed by atoms with Crippen LogP contribution in [-0.4, -0.2) is 193 Å². The number of aliphatic hydroxyl groups excluding tert-OH is 11. The highest BCUT2D eigenvalue weighted by Gasteiger charge is 2.53. The van der Waals surface area contributed by atoms with Crippen LogP contribution in [0.5, 0.6) is 0 Å². The van der Waals surface area contributed by atoms with Gasteiger partial charge in [0.1, 0.15) is 73.2 Å². The van der Waals surface area contributed by atoms with Gasteiger partial charge in [-0.25, -0.2) is 0 Å². The molecule has 3 aliphatic rings. The van der Waals surface area contributed by atoms with E-state index in [0.717, 1.165) is 44.9 Å². The molecule has 3 aliphatic heterocycles. The predicted octanol–water partition coefficient (Wildman–Crippen LogP) is 6.55. The van der Waals surface area contributed by atoms with Crippen LogP contribution >= 0.6 is 0 Å². The molecule has 17 atom stereocenters. The number of rotatable bonds is 48. The highest BCUT2D eigenvalue weighted by atomic mass is 16.8. The van der Waals surface area contributed by atoms with Crippen molar-refractivity contribution in [3.63, 3.8) is 0 Å². The highest BCUT2D eigenvalue weighted by molar-refractivity contribution is 5.76. The van der Waals surface area contributed by atoms with Crippen molar-refractivity contribution in [1.82, 2.24) is 5.32 Å². The largest absolute Gasteiger partial charge is 0.394 e. The Balaban J connectivity index is 1.49. The summed E-state index contributed by atoms with van der Waals surface area (Å²) in [5.41, 5.74) is 0. The average molecular weight is 1150 g/mol. The van der Waals surface area contributed by atoms with E-state index in [4.69, 9.17) is 28.4 Å². The fourth-order valence-corrected chi connectivity index (χ4v) is 11.1. The number of hydrogen-bond acceptors (Lipinski definition) is 18. The Bertz CT molecular complexity index is 1510. The van der Waals surface area contributed by atoms with Crippen molar-refractivity contribution in [2.24, 2.45) is 0 Å². The summed E-state index contributed by atoms with van der Waals surface area (Å²) in [7, 11) is 0. The fraction of sp³-hybridized carbons (Fsp3) is 0.951. The number of amides is 1. The minimum atomic E-state index is -1.97. The molecule has 0 spiro atoms. The minimum Gasteiger partial charge on any atom is -0.394 e. The molecule has 0 bridgehead atoms. The molecule has 472 valence electrons. The lowest BCUT2D eigenvalue weighted by molar-refractivity contribution is -0.379. The van der Waals surface area contributed by atoms with Gasteiger partial charge in [-0.3, -0.25) is 4.79 Å². The molecule has 0 aliphatic carbocycles. The van der Waals surface area contributed by atoms with Crippen molar-refractivity contribution < 1.29 is 89.4 Å². The summed E-state index contributed by atoms with van der Waals surface area (Å²) in [5, 5.41) is 120. The predicted molar refractivity (Wildman–Crippen MR) is 305 cm³/mol. The van der Waals surface area contributed by atoms with Gasteiger partial charge in [0.05, 0.1) is 38.6 Å². The molecule has 19 nitrogen and oxygen atoms in total. The minimum absolute atomic E-state index is 0.249. The molecule has 0 radical (unpaired) electrons. The summed E-state index contributed by atoms with van der Waals surface area (Å²) in [4.78, 5) is 13.3. The molecule has 1 amide bonds. The number of aliphatic hydroxyl groups is 11. The molecule has 0 aromatic heterocycles. The zero-order chi connectivity index (χ0) is 58.3. The molecule has 3 heterocycles. The lowest BCUT2D eigenvalue weighted by atomic mass is 9.96. The van der Waals surface area contributed by atoms with Crippen molar-refractivity contribution in [3.8, 4) is 0 Å². The molecule has 0 aromatic rings. The summed E-state index contributed by atoms with van der Waals surface area (Å²) >= 11 is 0. The Morgan fingerprint density at radius 1 is 0.438 bits per heavy atom. The summed E-state index contributed by atoms with van der Waals surface area (Å²) in [6.45, 7) is 1.75. The molecule has 3 rings (SSSR count). The van der Waals surface area contributed by atoms with Crippen LogP contribution in [0.3, 0.4) is 0 Å². The third kappa shape index (κ3) is 28.2. The van der Waals surface area contributed by atoms with Crippen LogP contribution in [0.1, 0.15) is 239 Å². The second kappa shape index (κ2) is 44.9. The van der Waals surface area contributed by atoms with Gasteiger partial charge in [0.15, 0.2) is 18.9 Å². The summed E-state index contributed by atoms with van der Waals surface area (Å²) in [6, 6.07) is -0.967. The van der Waals surface area contributed by atoms with Crippen molar-refractivity contribution >= 4 is 5.91 Å². The monoisotopic (exact) mass is 1150 g/mol. The Morgan fingerprint density at radius 2 is 0.775 bits per heavy atom. The quantitative estimate of drug-likeness (QED) is 0.0227. The van der Waals surface area contributed by atoms with Crippen molar-refractivity contribution in [3.05, 3.63) is 12.2 Å². The Labute approximate surface area is 480 Å². The molecular weight excluding hydrogens is 1030 g/mol. The number of unbranched alkanes of at least 4 members (excludes halogenated alkanes) is 32. The number of allylic oxidation sites excluding steroid dienone is 1. The first-order chi connectivity index (χ1) is 38.8. The maximum absolute atomic E-state index is 13.3. The first kappa shape index (κ1) is 72.8. The molecule has 80 heavy (non-hydrogen) atoms. The van der Waals surface area contributed by atoms with E-state index < -0.39 is 124 Å². The van der Waals surface area contributed by atoms with Crippen LogP contribution in [0.2, 0.25) is 0 Å². The van der Waals surface area contributed by atoms with E-state index in [1.165, 1.54) is 167 Å². The first-order valence-electron chi connectivity index (χ1n) is 31.9. The average Bonchev–Trinajstić information content (AvgIpc) is 3.50. The summed E-state index contributed by atoms with van der Waals surface area (Å²) < 4.78 is 34.3. The second-order valence-electron chi connectivity index (χ2n) is 23.2. The van der Waals surface area contributed by atoms with E-state index in [0.29, 0.717) is 6.42 Å². The highest BCUT2D eigenvalue weighted by Crippen LogP contribution is 2.33. The maximum Gasteiger partial charge on any atom is 0.220 e. The van der Waals surface area contributed by atoms with Crippen molar-refractivity contribution in [2.75, 3.05) is 26.4 Å². The van der Waals surface area contributed by atoms with Crippen LogP contribution in [0, 0.1) is 0 Å². The molecule has 0 saturated carbocycles. The van der Waals surface area contributed by atoms with Crippen molar-refractivity contribution in [2.45, 2.75) is 343 Å². The number of carbonyl (C=O) groups excluding carboxylic acids is 1. The lowest BCUT2D eigenvalue weighted by Crippen LogP contribution is -2.66. The standard InChI is InChI=1S/C61H115NO18/c1-3-5-7-9-11-13-15-17-19-21-22-23-24-26-28-30-32-34-36-38-45(66)44(62-49(67)39-37-35-33-31-29-27-25-20-18-16-14-12-10-8-6-4-2)43-75-59-55(73)52(70)57(47(41-64)77-59)80-61-56(74)53(71)58(48(42-65)78-61)79-60-54(72)51(69)50(68)46(40-63)76-60/h36,38,44-48,50-61,63-66,68-74H,3-35,37,39-43H2,1-2H3,(H,62,67)/b38-36+. The topological polar surface area (TPSA) is 307 Å². The lowest BCUT2D eigenvalue weighted by Gasteiger charge is -2.48. The van der Waals surface area contributed by atoms with Crippen LogP contribution in [0.15, 0.2) is 12.2 Å². The number of nitrogens with one attached hydrogen (secondary N) is 1. The van der Waals surface area contributed by atoms with Gasteiger partial charge in [-0.2, -0.15) is 0 Å². The fourth-order valence-electron chi connectivity index (χ4n) is 11.1. The Hall–Kier alpha value is -1.47. The summed E-state index contributed by atoms with van der Waals surface area (Å²) in [5.74, 6) is -0.272. The molecule has 3 fully saturated rings.